The standard InChI is InChI=1S/C26H20ClFN2O3S/c27-21-13-7-12-20(16-21)26(31)29-24-15-14-22(17-23(24)28)34(32,33)30-25(18-8-3-1-4-9-18)19-10-5-2-6-11-19/h1-17,25,30H,(H,29,31). The summed E-state index contributed by atoms with van der Waals surface area (Å²) in [5, 5.41) is 2.80. The van der Waals surface area contributed by atoms with Crippen molar-refractivity contribution in [2.24, 2.45) is 0 Å². The molecule has 0 aliphatic heterocycles. The van der Waals surface area contributed by atoms with Gasteiger partial charge in [0.1, 0.15) is 5.82 Å². The summed E-state index contributed by atoms with van der Waals surface area (Å²) in [5.41, 5.74) is 1.58. The van der Waals surface area contributed by atoms with Crippen molar-refractivity contribution in [1.29, 1.82) is 0 Å². The summed E-state index contributed by atoms with van der Waals surface area (Å²) >= 11 is 5.90. The average molecular weight is 495 g/mol. The van der Waals surface area contributed by atoms with Gasteiger partial charge < -0.3 is 5.32 Å². The molecule has 0 heterocycles. The van der Waals surface area contributed by atoms with Gasteiger partial charge in [0.05, 0.1) is 16.6 Å². The van der Waals surface area contributed by atoms with Gasteiger partial charge >= 0.3 is 0 Å². The molecule has 0 aromatic heterocycles. The van der Waals surface area contributed by atoms with Gasteiger partial charge in [-0.3, -0.25) is 4.79 Å². The number of halogens is 2. The van der Waals surface area contributed by atoms with Crippen molar-refractivity contribution in [3.8, 4) is 0 Å². The zero-order valence-electron chi connectivity index (χ0n) is 17.8. The molecule has 2 N–H and O–H groups in total. The zero-order valence-corrected chi connectivity index (χ0v) is 19.4. The molecule has 0 atom stereocenters. The Kier molecular flexibility index (Phi) is 7.07. The Hall–Kier alpha value is -3.52. The second-order valence-corrected chi connectivity index (χ2v) is 9.63. The van der Waals surface area contributed by atoms with E-state index in [1.807, 2.05) is 60.7 Å². The largest absolute Gasteiger partial charge is 0.319 e. The molecule has 1 amide bonds. The number of carbonyl (C=O) groups is 1. The molecule has 0 spiro atoms. The molecular weight excluding hydrogens is 475 g/mol. The lowest BCUT2D eigenvalue weighted by atomic mass is 10.00. The lowest BCUT2D eigenvalue weighted by Crippen LogP contribution is -2.29. The first-order chi connectivity index (χ1) is 16.3. The molecule has 0 fully saturated rings. The number of amides is 1. The average Bonchev–Trinajstić information content (AvgIpc) is 2.85. The predicted octanol–water partition coefficient (Wildman–Crippen LogP) is 5.80. The minimum Gasteiger partial charge on any atom is -0.319 e. The van der Waals surface area contributed by atoms with E-state index in [0.29, 0.717) is 5.02 Å². The Balaban J connectivity index is 1.59. The predicted molar refractivity (Wildman–Crippen MR) is 131 cm³/mol. The summed E-state index contributed by atoms with van der Waals surface area (Å²) in [7, 11) is -4.10. The molecule has 4 rings (SSSR count). The van der Waals surface area contributed by atoms with Crippen molar-refractivity contribution in [2.75, 3.05) is 5.32 Å². The summed E-state index contributed by atoms with van der Waals surface area (Å²) in [6.45, 7) is 0. The number of anilines is 1. The zero-order chi connectivity index (χ0) is 24.1. The summed E-state index contributed by atoms with van der Waals surface area (Å²) < 4.78 is 43.8. The van der Waals surface area contributed by atoms with E-state index in [-0.39, 0.29) is 16.1 Å². The SMILES string of the molecule is O=C(Nc1ccc(S(=O)(=O)NC(c2ccccc2)c2ccccc2)cc1F)c1cccc(Cl)c1. The van der Waals surface area contributed by atoms with E-state index in [1.54, 1.807) is 12.1 Å². The number of benzene rings is 4. The fourth-order valence-electron chi connectivity index (χ4n) is 3.43. The van der Waals surface area contributed by atoms with Crippen LogP contribution in [0.5, 0.6) is 0 Å². The highest BCUT2D eigenvalue weighted by molar-refractivity contribution is 7.89. The number of sulfonamides is 1. The monoisotopic (exact) mass is 494 g/mol. The molecule has 0 saturated carbocycles. The maximum Gasteiger partial charge on any atom is 0.255 e. The smallest absolute Gasteiger partial charge is 0.255 e. The molecule has 172 valence electrons. The second kappa shape index (κ2) is 10.2. The topological polar surface area (TPSA) is 75.3 Å². The van der Waals surface area contributed by atoms with Crippen LogP contribution in [0.3, 0.4) is 0 Å². The van der Waals surface area contributed by atoms with Gasteiger partial charge in [-0.15, -0.1) is 0 Å². The first-order valence-electron chi connectivity index (χ1n) is 10.3. The summed E-state index contributed by atoms with van der Waals surface area (Å²) in [5.74, 6) is -1.45. The van der Waals surface area contributed by atoms with Crippen molar-refractivity contribution in [1.82, 2.24) is 4.72 Å². The van der Waals surface area contributed by atoms with Gasteiger partial charge in [-0.1, -0.05) is 78.3 Å². The van der Waals surface area contributed by atoms with Gasteiger partial charge in [0.15, 0.2) is 0 Å². The van der Waals surface area contributed by atoms with Crippen LogP contribution in [-0.4, -0.2) is 14.3 Å². The van der Waals surface area contributed by atoms with Gasteiger partial charge in [0.25, 0.3) is 5.91 Å². The highest BCUT2D eigenvalue weighted by atomic mass is 35.5. The van der Waals surface area contributed by atoms with Crippen molar-refractivity contribution >= 4 is 33.2 Å². The van der Waals surface area contributed by atoms with Crippen LogP contribution in [0, 0.1) is 5.82 Å². The van der Waals surface area contributed by atoms with E-state index in [2.05, 4.69) is 10.0 Å². The molecule has 0 saturated heterocycles. The van der Waals surface area contributed by atoms with Crippen LogP contribution in [0.4, 0.5) is 10.1 Å². The lowest BCUT2D eigenvalue weighted by molar-refractivity contribution is 0.102. The number of rotatable bonds is 7. The molecule has 0 radical (unpaired) electrons. The molecule has 5 nitrogen and oxygen atoms in total. The third-order valence-electron chi connectivity index (χ3n) is 5.12. The highest BCUT2D eigenvalue weighted by Gasteiger charge is 2.24. The lowest BCUT2D eigenvalue weighted by Gasteiger charge is -2.20. The summed E-state index contributed by atoms with van der Waals surface area (Å²) in [4.78, 5) is 12.1. The first kappa shape index (κ1) is 23.6. The third-order valence-corrected chi connectivity index (χ3v) is 6.78. The van der Waals surface area contributed by atoms with Gasteiger partial charge in [-0.25, -0.2) is 12.8 Å². The fraction of sp³-hybridized carbons (Fsp3) is 0.0385. The van der Waals surface area contributed by atoms with Gasteiger partial charge in [-0.05, 0) is 47.5 Å². The Bertz CT molecular complexity index is 1380. The van der Waals surface area contributed by atoms with Crippen LogP contribution in [0.15, 0.2) is 108 Å². The number of nitrogens with one attached hydrogen (secondary N) is 2. The van der Waals surface area contributed by atoms with Crippen LogP contribution in [0.2, 0.25) is 5.02 Å². The molecule has 0 aliphatic rings. The normalized spacial score (nSPS) is 11.4. The molecule has 8 heteroatoms. The number of hydrogen-bond acceptors (Lipinski definition) is 3. The van der Waals surface area contributed by atoms with Crippen molar-refractivity contribution < 1.29 is 17.6 Å². The van der Waals surface area contributed by atoms with Crippen LogP contribution >= 0.6 is 11.6 Å². The number of hydrogen-bond donors (Lipinski definition) is 2. The van der Waals surface area contributed by atoms with Crippen LogP contribution in [0.25, 0.3) is 0 Å². The Morgan fingerprint density at radius 2 is 1.41 bits per heavy atom. The van der Waals surface area contributed by atoms with Crippen LogP contribution in [0.1, 0.15) is 27.5 Å². The maximum atomic E-state index is 14.8. The van der Waals surface area contributed by atoms with Crippen LogP contribution in [-0.2, 0) is 10.0 Å². The molecule has 0 aliphatic carbocycles. The third kappa shape index (κ3) is 5.51. The Labute approximate surface area is 202 Å². The van der Waals surface area contributed by atoms with E-state index in [0.717, 1.165) is 17.2 Å². The van der Waals surface area contributed by atoms with Crippen molar-refractivity contribution in [3.63, 3.8) is 0 Å². The molecule has 4 aromatic carbocycles. The van der Waals surface area contributed by atoms with E-state index in [1.165, 1.54) is 24.3 Å². The number of carbonyl (C=O) groups excluding carboxylic acids is 1. The molecule has 0 unspecified atom stereocenters. The summed E-state index contributed by atoms with van der Waals surface area (Å²) in [6, 6.07) is 27.1. The van der Waals surface area contributed by atoms with Crippen molar-refractivity contribution in [3.05, 3.63) is 131 Å². The fourth-order valence-corrected chi connectivity index (χ4v) is 4.85. The minimum atomic E-state index is -4.10. The maximum absolute atomic E-state index is 14.8. The molecule has 4 aromatic rings. The highest BCUT2D eigenvalue weighted by Crippen LogP contribution is 2.26. The quantitative estimate of drug-likeness (QED) is 0.341. The van der Waals surface area contributed by atoms with Crippen LogP contribution < -0.4 is 10.0 Å². The van der Waals surface area contributed by atoms with Gasteiger partial charge in [0, 0.05) is 10.6 Å². The van der Waals surface area contributed by atoms with Crippen molar-refractivity contribution in [2.45, 2.75) is 10.9 Å². The second-order valence-electron chi connectivity index (χ2n) is 7.48. The van der Waals surface area contributed by atoms with E-state index in [4.69, 9.17) is 11.6 Å². The van der Waals surface area contributed by atoms with E-state index in [9.17, 15) is 17.6 Å². The van der Waals surface area contributed by atoms with E-state index >= 15 is 0 Å². The molecular formula is C26H20ClFN2O3S. The molecule has 0 bridgehead atoms. The minimum absolute atomic E-state index is 0.147. The molecule has 34 heavy (non-hydrogen) atoms. The Morgan fingerprint density at radius 1 is 0.794 bits per heavy atom. The summed E-state index contributed by atoms with van der Waals surface area (Å²) in [6.07, 6.45) is 0. The van der Waals surface area contributed by atoms with Gasteiger partial charge in [-0.2, -0.15) is 4.72 Å². The van der Waals surface area contributed by atoms with Gasteiger partial charge in [0.2, 0.25) is 10.0 Å². The first-order valence-corrected chi connectivity index (χ1v) is 12.2. The van der Waals surface area contributed by atoms with E-state index < -0.39 is 27.8 Å². The Morgan fingerprint density at radius 3 is 1.97 bits per heavy atom.